The van der Waals surface area contributed by atoms with Gasteiger partial charge in [0.15, 0.2) is 0 Å². The molecule has 2 aromatic carbocycles. The van der Waals surface area contributed by atoms with E-state index in [1.165, 1.54) is 18.6 Å². The molecule has 0 aromatic heterocycles. The second-order valence-electron chi connectivity index (χ2n) is 9.20. The van der Waals surface area contributed by atoms with Crippen LogP contribution in [-0.4, -0.2) is 46.9 Å². The van der Waals surface area contributed by atoms with E-state index in [4.69, 9.17) is 0 Å². The Morgan fingerprint density at radius 2 is 1.97 bits per heavy atom. The summed E-state index contributed by atoms with van der Waals surface area (Å²) in [6.45, 7) is 8.80. The number of fused-ring (bicyclic) bond motifs is 1. The second kappa shape index (κ2) is 10.4. The minimum atomic E-state index is -1.03. The monoisotopic (exact) mass is 480 g/mol. The molecule has 2 aliphatic rings. The lowest BCUT2D eigenvalue weighted by atomic mass is 9.92. The maximum Gasteiger partial charge on any atom is 0.227 e. The molecule has 0 bridgehead atoms. The first-order valence-corrected chi connectivity index (χ1v) is 13.5. The van der Waals surface area contributed by atoms with Gasteiger partial charge in [0.05, 0.1) is 5.92 Å². The van der Waals surface area contributed by atoms with Crippen LogP contribution in [0.3, 0.4) is 0 Å². The Morgan fingerprint density at radius 3 is 2.65 bits per heavy atom. The summed E-state index contributed by atoms with van der Waals surface area (Å²) in [4.78, 5) is 16.4. The molecule has 4 nitrogen and oxygen atoms in total. The van der Waals surface area contributed by atoms with Crippen LogP contribution in [0.5, 0.6) is 0 Å². The first-order valence-electron chi connectivity index (χ1n) is 12.0. The van der Waals surface area contributed by atoms with Crippen molar-refractivity contribution in [3.63, 3.8) is 0 Å². The molecule has 3 atom stereocenters. The molecule has 34 heavy (non-hydrogen) atoms. The zero-order valence-corrected chi connectivity index (χ0v) is 21.2. The van der Waals surface area contributed by atoms with E-state index in [0.29, 0.717) is 12.6 Å². The number of nitrogens with one attached hydrogen (secondary N) is 1. The molecule has 6 heteroatoms. The minimum Gasteiger partial charge on any atom is -0.354 e. The van der Waals surface area contributed by atoms with Gasteiger partial charge in [-0.05, 0) is 104 Å². The first kappa shape index (κ1) is 24.6. The van der Waals surface area contributed by atoms with Gasteiger partial charge in [0.25, 0.3) is 0 Å². The van der Waals surface area contributed by atoms with Gasteiger partial charge in [0.1, 0.15) is 5.82 Å². The van der Waals surface area contributed by atoms with Gasteiger partial charge in [-0.25, -0.2) is 4.39 Å². The zero-order chi connectivity index (χ0) is 24.4. The highest BCUT2D eigenvalue weighted by Crippen LogP contribution is 2.45. The van der Waals surface area contributed by atoms with Crippen molar-refractivity contribution in [2.75, 3.05) is 25.9 Å². The van der Waals surface area contributed by atoms with Crippen LogP contribution in [0.2, 0.25) is 0 Å². The van der Waals surface area contributed by atoms with Crippen molar-refractivity contribution < 1.29 is 13.4 Å². The van der Waals surface area contributed by atoms with Crippen LogP contribution in [-0.2, 0) is 15.6 Å². The van der Waals surface area contributed by atoms with E-state index in [0.717, 1.165) is 57.8 Å². The smallest absolute Gasteiger partial charge is 0.227 e. The lowest BCUT2D eigenvalue weighted by molar-refractivity contribution is -0.123. The highest BCUT2D eigenvalue weighted by molar-refractivity contribution is 7.84. The molecule has 0 saturated carbocycles. The van der Waals surface area contributed by atoms with Crippen LogP contribution in [0.25, 0.3) is 17.2 Å². The van der Waals surface area contributed by atoms with Gasteiger partial charge >= 0.3 is 0 Å². The number of hydrogen-bond acceptors (Lipinski definition) is 3. The van der Waals surface area contributed by atoms with Crippen molar-refractivity contribution in [3.05, 3.63) is 70.5 Å². The maximum absolute atomic E-state index is 14.3. The number of allylic oxidation sites excluding steroid dienone is 2. The van der Waals surface area contributed by atoms with E-state index in [1.54, 1.807) is 12.3 Å². The topological polar surface area (TPSA) is 49.4 Å². The summed E-state index contributed by atoms with van der Waals surface area (Å²) in [6, 6.07) is 12.8. The number of carbonyl (C=O) groups is 1. The highest BCUT2D eigenvalue weighted by atomic mass is 32.2. The fraction of sp³-hybridized carbons (Fsp3) is 0.393. The molecule has 0 radical (unpaired) electrons. The summed E-state index contributed by atoms with van der Waals surface area (Å²) in [5, 5.41) is 3.16. The number of nitrogens with zero attached hydrogens (tertiary/aromatic N) is 1. The van der Waals surface area contributed by atoms with E-state index >= 15 is 0 Å². The molecule has 1 saturated heterocycles. The van der Waals surface area contributed by atoms with Crippen molar-refractivity contribution >= 4 is 33.9 Å². The molecule has 0 spiro atoms. The van der Waals surface area contributed by atoms with Gasteiger partial charge in [-0.3, -0.25) is 13.9 Å². The summed E-state index contributed by atoms with van der Waals surface area (Å²) in [6.07, 6.45) is 6.00. The quantitative estimate of drug-likeness (QED) is 0.598. The summed E-state index contributed by atoms with van der Waals surface area (Å²) < 4.78 is 26.0. The Balaban J connectivity index is 1.62. The summed E-state index contributed by atoms with van der Waals surface area (Å²) >= 11 is 0. The van der Waals surface area contributed by atoms with Crippen molar-refractivity contribution in [2.24, 2.45) is 5.92 Å². The van der Waals surface area contributed by atoms with Gasteiger partial charge < -0.3 is 5.32 Å². The third-order valence-electron chi connectivity index (χ3n) is 7.14. The van der Waals surface area contributed by atoms with Crippen LogP contribution in [0.4, 0.5) is 4.39 Å². The first-order chi connectivity index (χ1) is 16.3. The molecule has 4 rings (SSSR count). The summed E-state index contributed by atoms with van der Waals surface area (Å²) in [5.41, 5.74) is 5.55. The van der Waals surface area contributed by atoms with Crippen LogP contribution < -0.4 is 5.32 Å². The molecule has 180 valence electrons. The normalized spacial score (nSPS) is 21.1. The molecule has 1 aliphatic heterocycles. The van der Waals surface area contributed by atoms with Crippen molar-refractivity contribution in [1.29, 1.82) is 0 Å². The average Bonchev–Trinajstić information content (AvgIpc) is 3.39. The Hall–Kier alpha value is -2.57. The number of hydrogen-bond donors (Lipinski definition) is 1. The number of likely N-dealkylation sites (N-methyl/N-ethyl adjacent to an activating group) is 1. The lowest BCUT2D eigenvalue weighted by Crippen LogP contribution is -2.41. The molecular weight excluding hydrogens is 447 g/mol. The van der Waals surface area contributed by atoms with Gasteiger partial charge in [0.2, 0.25) is 5.91 Å². The third kappa shape index (κ3) is 4.93. The Kier molecular flexibility index (Phi) is 7.48. The predicted octanol–water partition coefficient (Wildman–Crippen LogP) is 5.13. The lowest BCUT2D eigenvalue weighted by Gasteiger charge is -2.24. The van der Waals surface area contributed by atoms with Crippen molar-refractivity contribution in [1.82, 2.24) is 10.2 Å². The Morgan fingerprint density at radius 1 is 1.24 bits per heavy atom. The van der Waals surface area contributed by atoms with E-state index in [1.807, 2.05) is 38.1 Å². The molecular formula is C28H33FN2O2S. The van der Waals surface area contributed by atoms with E-state index in [-0.39, 0.29) is 11.7 Å². The molecule has 1 heterocycles. The molecule has 2 aromatic rings. The maximum atomic E-state index is 14.3. The Bertz CT molecular complexity index is 1170. The van der Waals surface area contributed by atoms with Gasteiger partial charge in [0, 0.05) is 34.5 Å². The van der Waals surface area contributed by atoms with E-state index in [9.17, 15) is 13.4 Å². The summed E-state index contributed by atoms with van der Waals surface area (Å²) in [5.74, 6) is -0.728. The largest absolute Gasteiger partial charge is 0.354 e. The van der Waals surface area contributed by atoms with Crippen LogP contribution in [0.15, 0.2) is 52.9 Å². The van der Waals surface area contributed by atoms with Crippen LogP contribution >= 0.6 is 0 Å². The number of benzene rings is 2. The third-order valence-corrected chi connectivity index (χ3v) is 8.07. The van der Waals surface area contributed by atoms with Crippen LogP contribution in [0.1, 0.15) is 50.3 Å². The molecule has 1 amide bonds. The molecule has 1 aliphatic carbocycles. The number of amides is 1. The van der Waals surface area contributed by atoms with Crippen LogP contribution in [0, 0.1) is 11.7 Å². The molecule has 1 fully saturated rings. The van der Waals surface area contributed by atoms with Gasteiger partial charge in [-0.1, -0.05) is 25.1 Å². The van der Waals surface area contributed by atoms with Crippen molar-refractivity contribution in [3.8, 4) is 0 Å². The van der Waals surface area contributed by atoms with E-state index in [2.05, 4.69) is 23.2 Å². The number of halogens is 1. The molecule has 1 N–H and O–H groups in total. The highest BCUT2D eigenvalue weighted by Gasteiger charge is 2.31. The molecule has 2 unspecified atom stereocenters. The second-order valence-corrected chi connectivity index (χ2v) is 10.6. The number of carbonyl (C=O) groups excluding carboxylic acids is 1. The number of rotatable bonds is 7. The summed E-state index contributed by atoms with van der Waals surface area (Å²) in [7, 11) is -1.03. The Labute approximate surface area is 204 Å². The standard InChI is InChI=1S/C28H33FN2O2S/c1-5-31-14-6-7-22(31)17-30-28(32)19(3)27-18(2)25(24-13-10-21(29)16-26(24)27)15-20-8-11-23(12-9-20)34(4)33/h8-13,15-16,19,22H,5-7,14,17H2,1-4H3,(H,30,32)/b25-15-/t19?,22-,34?/m0/s1. The predicted molar refractivity (Wildman–Crippen MR) is 138 cm³/mol. The average molecular weight is 481 g/mol. The SMILES string of the molecule is CCN1CCC[C@H]1CNC(=O)C(C)C1=C(C)/C(=C/c2ccc(S(C)=O)cc2)c2ccc(F)cc21. The van der Waals surface area contributed by atoms with E-state index < -0.39 is 16.7 Å². The zero-order valence-electron chi connectivity index (χ0n) is 20.4. The van der Waals surface area contributed by atoms with Gasteiger partial charge in [-0.2, -0.15) is 0 Å². The van der Waals surface area contributed by atoms with Crippen molar-refractivity contribution in [2.45, 2.75) is 44.6 Å². The fourth-order valence-electron chi connectivity index (χ4n) is 5.23. The van der Waals surface area contributed by atoms with Gasteiger partial charge in [-0.15, -0.1) is 0 Å². The number of likely N-dealkylation sites (tertiary alicyclic amines) is 1. The minimum absolute atomic E-state index is 0.0245. The fourth-order valence-corrected chi connectivity index (χ4v) is 5.75.